The van der Waals surface area contributed by atoms with Crippen LogP contribution in [0.2, 0.25) is 0 Å². The van der Waals surface area contributed by atoms with Crippen LogP contribution in [0.4, 0.5) is 14.5 Å². The van der Waals surface area contributed by atoms with Crippen LogP contribution < -0.4 is 5.73 Å². The molecular formula is C26H20F2N2O2. The van der Waals surface area contributed by atoms with Gasteiger partial charge in [-0.15, -0.1) is 0 Å². The number of nitrogen functional groups attached to an aromatic ring is 1. The highest BCUT2D eigenvalue weighted by Gasteiger charge is 2.42. The number of ketones is 1. The Morgan fingerprint density at radius 3 is 2.66 bits per heavy atom. The maximum absolute atomic E-state index is 14.0. The number of aryl methyl sites for hydroxylation is 2. The minimum absolute atomic E-state index is 0.0621. The Hall–Kier alpha value is -3.51. The van der Waals surface area contributed by atoms with Crippen molar-refractivity contribution in [2.75, 3.05) is 5.73 Å². The van der Waals surface area contributed by atoms with E-state index in [2.05, 4.69) is 29.7 Å². The normalized spacial score (nSPS) is 19.0. The van der Waals surface area contributed by atoms with Gasteiger partial charge in [-0.3, -0.25) is 4.79 Å². The number of hydrogen-bond donors (Lipinski definition) is 1. The van der Waals surface area contributed by atoms with Gasteiger partial charge in [0, 0.05) is 34.8 Å². The Morgan fingerprint density at radius 1 is 1.12 bits per heavy atom. The highest BCUT2D eigenvalue weighted by molar-refractivity contribution is 6.18. The summed E-state index contributed by atoms with van der Waals surface area (Å²) in [7, 11) is 0. The minimum atomic E-state index is -0.936. The van der Waals surface area contributed by atoms with Crippen LogP contribution in [-0.2, 0) is 11.3 Å². The second-order valence-electron chi connectivity index (χ2n) is 8.54. The fourth-order valence-corrected chi connectivity index (χ4v) is 4.99. The second kappa shape index (κ2) is 6.74. The fourth-order valence-electron chi connectivity index (χ4n) is 4.99. The second-order valence-corrected chi connectivity index (χ2v) is 8.54. The van der Waals surface area contributed by atoms with Gasteiger partial charge in [-0.25, -0.2) is 8.78 Å². The Labute approximate surface area is 183 Å². The molecule has 6 rings (SSSR count). The molecule has 0 bridgehead atoms. The zero-order valence-electron chi connectivity index (χ0n) is 17.4. The van der Waals surface area contributed by atoms with Gasteiger partial charge in [-0.05, 0) is 42.2 Å². The van der Waals surface area contributed by atoms with Crippen molar-refractivity contribution in [2.45, 2.75) is 32.1 Å². The highest BCUT2D eigenvalue weighted by Crippen LogP contribution is 2.48. The molecule has 3 aromatic carbocycles. The van der Waals surface area contributed by atoms with Gasteiger partial charge < -0.3 is 15.0 Å². The molecule has 4 aromatic rings. The first-order chi connectivity index (χ1) is 15.4. The number of rotatable bonds is 2. The van der Waals surface area contributed by atoms with Gasteiger partial charge in [-0.1, -0.05) is 36.4 Å². The van der Waals surface area contributed by atoms with Crippen molar-refractivity contribution in [1.29, 1.82) is 0 Å². The molecule has 32 heavy (non-hydrogen) atoms. The lowest BCUT2D eigenvalue weighted by atomic mass is 9.91. The smallest absolute Gasteiger partial charge is 0.195 e. The number of fused-ring (bicyclic) bond motifs is 4. The molecule has 1 aromatic heterocycles. The number of ether oxygens (including phenoxy) is 1. The summed E-state index contributed by atoms with van der Waals surface area (Å²) in [6, 6.07) is 14.1. The van der Waals surface area contributed by atoms with Gasteiger partial charge in [0.2, 0.25) is 0 Å². The van der Waals surface area contributed by atoms with Crippen molar-refractivity contribution in [2.24, 2.45) is 0 Å². The Bertz CT molecular complexity index is 1420. The van der Waals surface area contributed by atoms with Gasteiger partial charge in [0.15, 0.2) is 5.78 Å². The molecule has 0 saturated carbocycles. The SMILES string of the molecule is Cc1cccc2c1-c1cccc3c(C(=O)c4cc(F)c(N)c(F)c4)cn(c13)CCC1OC21. The van der Waals surface area contributed by atoms with E-state index in [0.717, 1.165) is 51.7 Å². The number of epoxide rings is 1. The molecule has 0 radical (unpaired) electrons. The summed E-state index contributed by atoms with van der Waals surface area (Å²) < 4.78 is 36.1. The maximum Gasteiger partial charge on any atom is 0.195 e. The van der Waals surface area contributed by atoms with E-state index < -0.39 is 23.1 Å². The molecule has 0 aliphatic carbocycles. The van der Waals surface area contributed by atoms with E-state index in [1.54, 1.807) is 6.20 Å². The molecule has 2 aliphatic heterocycles. The quantitative estimate of drug-likeness (QED) is 0.258. The van der Waals surface area contributed by atoms with Crippen LogP contribution in [0, 0.1) is 18.6 Å². The number of carbonyl (C=O) groups is 1. The van der Waals surface area contributed by atoms with Crippen LogP contribution in [0.3, 0.4) is 0 Å². The van der Waals surface area contributed by atoms with Crippen molar-refractivity contribution < 1.29 is 18.3 Å². The molecule has 6 heteroatoms. The zero-order valence-corrected chi connectivity index (χ0v) is 17.4. The molecule has 1 fully saturated rings. The Balaban J connectivity index is 1.60. The lowest BCUT2D eigenvalue weighted by Crippen LogP contribution is -2.05. The summed E-state index contributed by atoms with van der Waals surface area (Å²) in [6.07, 6.45) is 2.84. The number of anilines is 1. The number of halogens is 2. The van der Waals surface area contributed by atoms with Crippen molar-refractivity contribution in [3.8, 4) is 11.1 Å². The summed E-state index contributed by atoms with van der Waals surface area (Å²) in [6.45, 7) is 2.76. The lowest BCUT2D eigenvalue weighted by Gasteiger charge is -2.14. The van der Waals surface area contributed by atoms with E-state index in [-0.39, 0.29) is 17.8 Å². The summed E-state index contributed by atoms with van der Waals surface area (Å²) in [5.41, 5.74) is 10.5. The molecule has 1 saturated heterocycles. The molecule has 2 aliphatic rings. The van der Waals surface area contributed by atoms with Crippen LogP contribution in [-0.4, -0.2) is 16.5 Å². The molecule has 160 valence electrons. The predicted octanol–water partition coefficient (Wildman–Crippen LogP) is 5.55. The number of nitrogens with zero attached hydrogens (tertiary/aromatic N) is 1. The zero-order chi connectivity index (χ0) is 22.1. The Morgan fingerprint density at radius 2 is 1.88 bits per heavy atom. The summed E-state index contributed by atoms with van der Waals surface area (Å²) in [5.74, 6) is -2.31. The first kappa shape index (κ1) is 19.2. The monoisotopic (exact) mass is 430 g/mol. The van der Waals surface area contributed by atoms with E-state index in [4.69, 9.17) is 10.5 Å². The van der Waals surface area contributed by atoms with E-state index in [9.17, 15) is 13.6 Å². The third kappa shape index (κ3) is 2.72. The first-order valence-corrected chi connectivity index (χ1v) is 10.6. The van der Waals surface area contributed by atoms with Crippen LogP contribution in [0.5, 0.6) is 0 Å². The van der Waals surface area contributed by atoms with Crippen LogP contribution in [0.15, 0.2) is 54.7 Å². The molecule has 2 unspecified atom stereocenters. The highest BCUT2D eigenvalue weighted by atomic mass is 19.1. The van der Waals surface area contributed by atoms with Crippen LogP contribution >= 0.6 is 0 Å². The van der Waals surface area contributed by atoms with E-state index >= 15 is 0 Å². The molecule has 2 N–H and O–H groups in total. The molecule has 0 amide bonds. The van der Waals surface area contributed by atoms with E-state index in [1.165, 1.54) is 0 Å². The molecular weight excluding hydrogens is 410 g/mol. The van der Waals surface area contributed by atoms with Gasteiger partial charge in [0.05, 0.1) is 11.6 Å². The topological polar surface area (TPSA) is 60.6 Å². The fraction of sp³-hybridized carbons (Fsp3) is 0.192. The summed E-state index contributed by atoms with van der Waals surface area (Å²) in [5, 5.41) is 0.760. The van der Waals surface area contributed by atoms with Gasteiger partial charge in [0.1, 0.15) is 23.4 Å². The summed E-state index contributed by atoms with van der Waals surface area (Å²) in [4.78, 5) is 13.3. The molecule has 2 atom stereocenters. The largest absolute Gasteiger partial charge is 0.394 e. The van der Waals surface area contributed by atoms with E-state index in [1.807, 2.05) is 18.2 Å². The van der Waals surface area contributed by atoms with Crippen LogP contribution in [0.1, 0.15) is 39.6 Å². The van der Waals surface area contributed by atoms with Gasteiger partial charge in [0.25, 0.3) is 0 Å². The average molecular weight is 430 g/mol. The third-order valence-electron chi connectivity index (χ3n) is 6.60. The van der Waals surface area contributed by atoms with Crippen LogP contribution in [0.25, 0.3) is 22.0 Å². The van der Waals surface area contributed by atoms with E-state index in [0.29, 0.717) is 12.1 Å². The lowest BCUT2D eigenvalue weighted by molar-refractivity contribution is 0.103. The standard InChI is InChI=1S/C26H20F2N2O2/c1-13-4-2-7-17-22(13)16-6-3-5-15-18(12-30(24(15)16)9-8-21-26(17)32-21)25(31)14-10-19(27)23(29)20(28)11-14/h2-7,10-12,21,26H,8-9,29H2,1H3. The summed E-state index contributed by atoms with van der Waals surface area (Å²) >= 11 is 0. The third-order valence-corrected chi connectivity index (χ3v) is 6.60. The number of aromatic nitrogens is 1. The van der Waals surface area contributed by atoms with Crippen molar-refractivity contribution >= 4 is 22.4 Å². The minimum Gasteiger partial charge on any atom is -0.394 e. The number of hydrogen-bond acceptors (Lipinski definition) is 3. The molecule has 4 nitrogen and oxygen atoms in total. The number of nitrogens with two attached hydrogens (primary N) is 1. The van der Waals surface area contributed by atoms with Crippen molar-refractivity contribution in [3.63, 3.8) is 0 Å². The van der Waals surface area contributed by atoms with Crippen molar-refractivity contribution in [1.82, 2.24) is 4.57 Å². The molecule has 0 spiro atoms. The number of benzene rings is 3. The van der Waals surface area contributed by atoms with Crippen molar-refractivity contribution in [3.05, 3.63) is 88.6 Å². The number of para-hydroxylation sites is 1. The number of carbonyl (C=O) groups excluding carboxylic acids is 1. The first-order valence-electron chi connectivity index (χ1n) is 10.6. The maximum atomic E-state index is 14.0. The average Bonchev–Trinajstić information content (AvgIpc) is 3.45. The predicted molar refractivity (Wildman–Crippen MR) is 119 cm³/mol. The molecule has 3 heterocycles. The Kier molecular flexibility index (Phi) is 4.04. The van der Waals surface area contributed by atoms with Gasteiger partial charge >= 0.3 is 0 Å². The van der Waals surface area contributed by atoms with Gasteiger partial charge in [-0.2, -0.15) is 0 Å².